The fraction of sp³-hybridized carbons (Fsp3) is 0.333. The van der Waals surface area contributed by atoms with Crippen molar-refractivity contribution in [3.8, 4) is 0 Å². The van der Waals surface area contributed by atoms with E-state index in [1.165, 1.54) is 0 Å². The monoisotopic (exact) mass is 447 g/mol. The van der Waals surface area contributed by atoms with Crippen LogP contribution in [0.1, 0.15) is 20.7 Å². The maximum absolute atomic E-state index is 12.2. The van der Waals surface area contributed by atoms with Crippen molar-refractivity contribution < 1.29 is 62.1 Å². The van der Waals surface area contributed by atoms with Gasteiger partial charge in [-0.25, -0.2) is 0 Å². The molecular weight excluding hydrogens is 441 g/mol. The Morgan fingerprint density at radius 1 is 0.750 bits per heavy atom. The molecule has 0 saturated heterocycles. The lowest BCUT2D eigenvalue weighted by atomic mass is 10.1. The Labute approximate surface area is 149 Å². The molecule has 1 heterocycles. The zero-order valence-electron chi connectivity index (χ0n) is 12.7. The van der Waals surface area contributed by atoms with Crippen LogP contribution in [-0.4, -0.2) is 48.1 Å². The highest BCUT2D eigenvalue weighted by atomic mass is 32.2. The molecular formula is C12H6F9NO5S. The van der Waals surface area contributed by atoms with E-state index in [0.29, 0.717) is 11.1 Å². The van der Waals surface area contributed by atoms with Crippen molar-refractivity contribution in [3.63, 3.8) is 0 Å². The van der Waals surface area contributed by atoms with E-state index in [1.54, 1.807) is 24.3 Å². The van der Waals surface area contributed by atoms with Crippen LogP contribution in [0.5, 0.6) is 0 Å². The number of fused-ring (bicyclic) bond motifs is 1. The maximum Gasteiger partial charge on any atom is 0.460 e. The van der Waals surface area contributed by atoms with Crippen molar-refractivity contribution in [1.29, 1.82) is 0 Å². The quantitative estimate of drug-likeness (QED) is 0.422. The lowest BCUT2D eigenvalue weighted by Crippen LogP contribution is -2.63. The van der Waals surface area contributed by atoms with Gasteiger partial charge in [0.2, 0.25) is 0 Å². The van der Waals surface area contributed by atoms with E-state index < -0.39 is 33.4 Å². The summed E-state index contributed by atoms with van der Waals surface area (Å²) < 4.78 is 134. The predicted octanol–water partition coefficient (Wildman–Crippen LogP) is 2.87. The molecule has 2 rings (SSSR count). The zero-order chi connectivity index (χ0) is 22.3. The van der Waals surface area contributed by atoms with Gasteiger partial charge in [-0.15, -0.1) is 0 Å². The average molecular weight is 447 g/mol. The molecule has 0 bridgehead atoms. The molecule has 0 saturated carbocycles. The van der Waals surface area contributed by atoms with Crippen LogP contribution < -0.4 is 5.32 Å². The Balaban J connectivity index is 0.000000302. The minimum absolute atomic E-state index is 0.300. The minimum Gasteiger partial charge on any atom is -0.288 e. The maximum atomic E-state index is 12.2. The number of benzene rings is 1. The van der Waals surface area contributed by atoms with Crippen molar-refractivity contribution in [2.45, 2.75) is 23.3 Å². The van der Waals surface area contributed by atoms with E-state index in [4.69, 9.17) is 4.55 Å². The van der Waals surface area contributed by atoms with Crippen LogP contribution in [0.2, 0.25) is 0 Å². The standard InChI is InChI=1S/C8H5NO2.C4HF9O3S/c10-7-5-3-1-2-4-6(5)8(11)9-7;5-1(6,3(9,10)11)2(7,8)4(12,13)17(14,15)16/h1-4H,(H,9,10,11);(H,14,15,16). The van der Waals surface area contributed by atoms with Gasteiger partial charge in [-0.05, 0) is 12.1 Å². The van der Waals surface area contributed by atoms with E-state index in [9.17, 15) is 57.5 Å². The van der Waals surface area contributed by atoms with Gasteiger partial charge >= 0.3 is 33.4 Å². The van der Waals surface area contributed by atoms with Gasteiger partial charge in [0.1, 0.15) is 0 Å². The van der Waals surface area contributed by atoms with E-state index in [-0.39, 0.29) is 11.8 Å². The number of hydrogen-bond acceptors (Lipinski definition) is 4. The Morgan fingerprint density at radius 2 is 1.11 bits per heavy atom. The van der Waals surface area contributed by atoms with Crippen molar-refractivity contribution in [2.75, 3.05) is 0 Å². The number of imide groups is 1. The third-order valence-electron chi connectivity index (χ3n) is 3.08. The van der Waals surface area contributed by atoms with E-state index in [1.807, 2.05) is 0 Å². The number of carbonyl (C=O) groups excluding carboxylic acids is 2. The first-order valence-corrected chi connectivity index (χ1v) is 7.85. The molecule has 2 amide bonds. The lowest BCUT2D eigenvalue weighted by Gasteiger charge is -2.31. The summed E-state index contributed by atoms with van der Waals surface area (Å²) >= 11 is 0. The van der Waals surface area contributed by atoms with Crippen LogP contribution in [0, 0.1) is 0 Å². The van der Waals surface area contributed by atoms with Gasteiger partial charge in [0, 0.05) is 0 Å². The summed E-state index contributed by atoms with van der Waals surface area (Å²) in [7, 11) is -7.17. The molecule has 0 unspecified atom stereocenters. The molecule has 1 aliphatic rings. The number of hydrogen-bond donors (Lipinski definition) is 2. The van der Waals surface area contributed by atoms with Crippen LogP contribution in [-0.2, 0) is 10.1 Å². The van der Waals surface area contributed by atoms with Crippen LogP contribution in [0.15, 0.2) is 24.3 Å². The molecule has 0 aromatic heterocycles. The first-order chi connectivity index (χ1) is 12.3. The Hall–Kier alpha value is -2.36. The normalized spacial score (nSPS) is 15.5. The van der Waals surface area contributed by atoms with Gasteiger partial charge in [0.05, 0.1) is 11.1 Å². The molecule has 2 N–H and O–H groups in total. The first-order valence-electron chi connectivity index (χ1n) is 6.41. The average Bonchev–Trinajstić information content (AvgIpc) is 2.81. The van der Waals surface area contributed by atoms with E-state index in [0.717, 1.165) is 0 Å². The third-order valence-corrected chi connectivity index (χ3v) is 3.99. The summed E-state index contributed by atoms with van der Waals surface area (Å²) in [5.74, 6) is -15.3. The van der Waals surface area contributed by atoms with Crippen LogP contribution in [0.3, 0.4) is 0 Å². The third kappa shape index (κ3) is 3.78. The van der Waals surface area contributed by atoms with Gasteiger partial charge in [0.15, 0.2) is 0 Å². The summed E-state index contributed by atoms with van der Waals surface area (Å²) in [5, 5.41) is -4.80. The van der Waals surface area contributed by atoms with Crippen molar-refractivity contribution in [2.24, 2.45) is 0 Å². The highest BCUT2D eigenvalue weighted by Gasteiger charge is 2.85. The van der Waals surface area contributed by atoms with Crippen molar-refractivity contribution >= 4 is 21.9 Å². The van der Waals surface area contributed by atoms with Crippen LogP contribution >= 0.6 is 0 Å². The van der Waals surface area contributed by atoms with Gasteiger partial charge in [-0.3, -0.25) is 19.5 Å². The highest BCUT2D eigenvalue weighted by molar-refractivity contribution is 7.87. The summed E-state index contributed by atoms with van der Waals surface area (Å²) in [6, 6.07) is 6.74. The smallest absolute Gasteiger partial charge is 0.288 e. The number of alkyl halides is 9. The van der Waals surface area contributed by atoms with Gasteiger partial charge < -0.3 is 0 Å². The highest BCUT2D eigenvalue weighted by Crippen LogP contribution is 2.54. The number of amides is 2. The summed E-state index contributed by atoms with van der Waals surface area (Å²) in [6.07, 6.45) is -7.13. The molecule has 28 heavy (non-hydrogen) atoms. The van der Waals surface area contributed by atoms with Crippen LogP contribution in [0.25, 0.3) is 0 Å². The molecule has 0 radical (unpaired) electrons. The molecule has 0 aliphatic carbocycles. The molecule has 1 aromatic rings. The number of rotatable bonds is 3. The van der Waals surface area contributed by atoms with Crippen molar-refractivity contribution in [3.05, 3.63) is 35.4 Å². The number of nitrogens with one attached hydrogen (secondary N) is 1. The molecule has 1 aromatic carbocycles. The molecule has 0 spiro atoms. The number of carbonyl (C=O) groups is 2. The summed E-state index contributed by atoms with van der Waals surface area (Å²) in [6.45, 7) is 0. The van der Waals surface area contributed by atoms with Gasteiger partial charge in [0.25, 0.3) is 11.8 Å². The topological polar surface area (TPSA) is 101 Å². The number of halogens is 9. The van der Waals surface area contributed by atoms with Gasteiger partial charge in [-0.1, -0.05) is 12.1 Å². The Kier molecular flexibility index (Phi) is 5.84. The fourth-order valence-electron chi connectivity index (χ4n) is 1.64. The summed E-state index contributed by atoms with van der Waals surface area (Å²) in [4.78, 5) is 21.9. The summed E-state index contributed by atoms with van der Waals surface area (Å²) in [5.41, 5.74) is 0.940. The fourth-order valence-corrected chi connectivity index (χ4v) is 2.09. The Bertz CT molecular complexity index is 862. The van der Waals surface area contributed by atoms with Gasteiger partial charge in [-0.2, -0.15) is 47.9 Å². The first kappa shape index (κ1) is 23.7. The molecule has 6 nitrogen and oxygen atoms in total. The molecule has 0 fully saturated rings. The SMILES string of the molecule is O=C1NC(=O)c2ccccc21.O=S(=O)(O)C(F)(F)C(F)(F)C(F)(F)C(F)(F)F. The van der Waals surface area contributed by atoms with E-state index in [2.05, 4.69) is 5.32 Å². The second kappa shape index (κ2) is 6.91. The molecule has 1 aliphatic heterocycles. The van der Waals surface area contributed by atoms with Crippen molar-refractivity contribution in [1.82, 2.24) is 5.32 Å². The molecule has 16 heteroatoms. The van der Waals surface area contributed by atoms with Crippen LogP contribution in [0.4, 0.5) is 39.5 Å². The predicted molar refractivity (Wildman–Crippen MR) is 70.7 cm³/mol. The molecule has 158 valence electrons. The molecule has 0 atom stereocenters. The zero-order valence-corrected chi connectivity index (χ0v) is 13.5. The minimum atomic E-state index is -7.37. The van der Waals surface area contributed by atoms with E-state index >= 15 is 0 Å². The second-order valence-electron chi connectivity index (χ2n) is 4.97. The lowest BCUT2D eigenvalue weighted by molar-refractivity contribution is -0.382. The largest absolute Gasteiger partial charge is 0.460 e. The Morgan fingerprint density at radius 3 is 1.39 bits per heavy atom. The second-order valence-corrected chi connectivity index (χ2v) is 6.43.